The van der Waals surface area contributed by atoms with Gasteiger partial charge in [-0.2, -0.15) is 0 Å². The number of nitrogens with one attached hydrogen (secondary N) is 1. The van der Waals surface area contributed by atoms with E-state index in [1.807, 2.05) is 0 Å². The van der Waals surface area contributed by atoms with Crippen molar-refractivity contribution in [2.75, 3.05) is 19.6 Å². The van der Waals surface area contributed by atoms with E-state index >= 15 is 0 Å². The van der Waals surface area contributed by atoms with Gasteiger partial charge in [0.05, 0.1) is 6.54 Å². The average molecular weight is 157 g/mol. The van der Waals surface area contributed by atoms with Crippen molar-refractivity contribution in [2.45, 2.75) is 13.3 Å². The molecule has 11 heavy (non-hydrogen) atoms. The van der Waals surface area contributed by atoms with E-state index in [1.165, 1.54) is 6.42 Å². The smallest absolute Gasteiger partial charge is 0.248 e. The van der Waals surface area contributed by atoms with Crippen molar-refractivity contribution >= 4 is 5.91 Å². The summed E-state index contributed by atoms with van der Waals surface area (Å²) in [7, 11) is 0. The van der Waals surface area contributed by atoms with Crippen molar-refractivity contribution in [3.63, 3.8) is 0 Å². The van der Waals surface area contributed by atoms with Gasteiger partial charge in [-0.3, -0.25) is 15.1 Å². The van der Waals surface area contributed by atoms with Crippen LogP contribution in [-0.2, 0) is 4.79 Å². The quantitative estimate of drug-likeness (QED) is 0.317. The van der Waals surface area contributed by atoms with Crippen LogP contribution in [0.4, 0.5) is 0 Å². The standard InChI is InChI=1S/C7H15N3O/c1-6-2-3-10(4-6)5-7(11)9-8/h6H,2-5,8H2,1H3,(H,9,11). The number of likely N-dealkylation sites (tertiary alicyclic amines) is 1. The molecule has 3 N–H and O–H groups in total. The van der Waals surface area contributed by atoms with Crippen LogP contribution in [-0.4, -0.2) is 30.4 Å². The molecule has 0 aromatic heterocycles. The Morgan fingerprint density at radius 2 is 2.55 bits per heavy atom. The summed E-state index contributed by atoms with van der Waals surface area (Å²) in [5.41, 5.74) is 2.13. The summed E-state index contributed by atoms with van der Waals surface area (Å²) in [5, 5.41) is 0. The van der Waals surface area contributed by atoms with Crippen molar-refractivity contribution in [1.29, 1.82) is 0 Å². The zero-order valence-electron chi connectivity index (χ0n) is 6.84. The molecule has 1 atom stereocenters. The van der Waals surface area contributed by atoms with Gasteiger partial charge in [0.15, 0.2) is 0 Å². The Balaban J connectivity index is 2.23. The molecule has 1 unspecified atom stereocenters. The number of nitrogens with two attached hydrogens (primary N) is 1. The van der Waals surface area contributed by atoms with Gasteiger partial charge >= 0.3 is 0 Å². The number of hydrazine groups is 1. The minimum absolute atomic E-state index is 0.0981. The van der Waals surface area contributed by atoms with Crippen LogP contribution in [0.25, 0.3) is 0 Å². The fraction of sp³-hybridized carbons (Fsp3) is 0.857. The lowest BCUT2D eigenvalue weighted by atomic mass is 10.2. The molecule has 0 aliphatic carbocycles. The van der Waals surface area contributed by atoms with E-state index in [2.05, 4.69) is 17.2 Å². The third kappa shape index (κ3) is 2.48. The topological polar surface area (TPSA) is 58.4 Å². The first kappa shape index (κ1) is 8.49. The molecule has 0 aromatic carbocycles. The molecule has 4 nitrogen and oxygen atoms in total. The first-order valence-electron chi connectivity index (χ1n) is 3.94. The van der Waals surface area contributed by atoms with Crippen molar-refractivity contribution in [3.05, 3.63) is 0 Å². The predicted molar refractivity (Wildman–Crippen MR) is 42.6 cm³/mol. The Kier molecular flexibility index (Phi) is 2.84. The third-order valence-electron chi connectivity index (χ3n) is 2.04. The van der Waals surface area contributed by atoms with Crippen LogP contribution in [0, 0.1) is 5.92 Å². The SMILES string of the molecule is CC1CCN(CC(=O)NN)C1. The van der Waals surface area contributed by atoms with Crippen molar-refractivity contribution in [2.24, 2.45) is 11.8 Å². The molecule has 0 aromatic rings. The molecule has 1 aliphatic heterocycles. The number of amides is 1. The third-order valence-corrected chi connectivity index (χ3v) is 2.04. The number of carbonyl (C=O) groups excluding carboxylic acids is 1. The molecule has 1 rings (SSSR count). The van der Waals surface area contributed by atoms with Crippen LogP contribution in [0.1, 0.15) is 13.3 Å². The van der Waals surface area contributed by atoms with Crippen LogP contribution in [0.15, 0.2) is 0 Å². The summed E-state index contributed by atoms with van der Waals surface area (Å²) >= 11 is 0. The zero-order chi connectivity index (χ0) is 8.27. The summed E-state index contributed by atoms with van der Waals surface area (Å²) in [6.45, 7) is 4.68. The highest BCUT2D eigenvalue weighted by atomic mass is 16.2. The van der Waals surface area contributed by atoms with Crippen LogP contribution in [0.5, 0.6) is 0 Å². The highest BCUT2D eigenvalue weighted by Gasteiger charge is 2.19. The fourth-order valence-corrected chi connectivity index (χ4v) is 1.42. The molecule has 0 spiro atoms. The number of carbonyl (C=O) groups is 1. The van der Waals surface area contributed by atoms with Gasteiger partial charge in [0.2, 0.25) is 5.91 Å². The summed E-state index contributed by atoms with van der Waals surface area (Å²) < 4.78 is 0. The van der Waals surface area contributed by atoms with E-state index < -0.39 is 0 Å². The summed E-state index contributed by atoms with van der Waals surface area (Å²) in [6.07, 6.45) is 1.19. The minimum Gasteiger partial charge on any atom is -0.294 e. The molecule has 1 amide bonds. The zero-order valence-corrected chi connectivity index (χ0v) is 6.84. The lowest BCUT2D eigenvalue weighted by Gasteiger charge is -2.12. The summed E-state index contributed by atoms with van der Waals surface area (Å²) in [5.74, 6) is 5.58. The maximum atomic E-state index is 10.8. The van der Waals surface area contributed by atoms with Crippen LogP contribution < -0.4 is 11.3 Å². The highest BCUT2D eigenvalue weighted by molar-refractivity contribution is 5.77. The number of rotatable bonds is 2. The van der Waals surface area contributed by atoms with Gasteiger partial charge in [0, 0.05) is 6.54 Å². The summed E-state index contributed by atoms with van der Waals surface area (Å²) in [6, 6.07) is 0. The Labute approximate surface area is 66.7 Å². The van der Waals surface area contributed by atoms with E-state index in [9.17, 15) is 4.79 Å². The van der Waals surface area contributed by atoms with Gasteiger partial charge in [0.1, 0.15) is 0 Å². The monoisotopic (exact) mass is 157 g/mol. The maximum absolute atomic E-state index is 10.8. The van der Waals surface area contributed by atoms with E-state index in [4.69, 9.17) is 5.84 Å². The van der Waals surface area contributed by atoms with E-state index in [1.54, 1.807) is 0 Å². The van der Waals surface area contributed by atoms with E-state index in [0.29, 0.717) is 6.54 Å². The lowest BCUT2D eigenvalue weighted by molar-refractivity contribution is -0.122. The molecular formula is C7H15N3O. The second kappa shape index (κ2) is 3.69. The van der Waals surface area contributed by atoms with Crippen LogP contribution >= 0.6 is 0 Å². The molecule has 1 heterocycles. The molecule has 4 heteroatoms. The van der Waals surface area contributed by atoms with Gasteiger partial charge in [-0.1, -0.05) is 6.92 Å². The first-order chi connectivity index (χ1) is 5.22. The van der Waals surface area contributed by atoms with Gasteiger partial charge in [-0.05, 0) is 18.9 Å². The molecule has 64 valence electrons. The second-order valence-electron chi connectivity index (χ2n) is 3.20. The molecular weight excluding hydrogens is 142 g/mol. The van der Waals surface area contributed by atoms with Gasteiger partial charge in [0.25, 0.3) is 0 Å². The van der Waals surface area contributed by atoms with Crippen molar-refractivity contribution < 1.29 is 4.79 Å². The number of hydrogen-bond donors (Lipinski definition) is 2. The maximum Gasteiger partial charge on any atom is 0.248 e. The molecule has 1 fully saturated rings. The molecule has 0 radical (unpaired) electrons. The number of nitrogens with zero attached hydrogens (tertiary/aromatic N) is 1. The summed E-state index contributed by atoms with van der Waals surface area (Å²) in [4.78, 5) is 12.9. The second-order valence-corrected chi connectivity index (χ2v) is 3.20. The molecule has 1 saturated heterocycles. The van der Waals surface area contributed by atoms with Crippen LogP contribution in [0.2, 0.25) is 0 Å². The van der Waals surface area contributed by atoms with E-state index in [0.717, 1.165) is 19.0 Å². The highest BCUT2D eigenvalue weighted by Crippen LogP contribution is 2.13. The predicted octanol–water partition coefficient (Wildman–Crippen LogP) is -0.682. The molecule has 1 aliphatic rings. The van der Waals surface area contributed by atoms with Gasteiger partial charge < -0.3 is 0 Å². The van der Waals surface area contributed by atoms with Gasteiger partial charge in [-0.25, -0.2) is 5.84 Å². The Hall–Kier alpha value is -0.610. The van der Waals surface area contributed by atoms with E-state index in [-0.39, 0.29) is 5.91 Å². The molecule has 0 bridgehead atoms. The lowest BCUT2D eigenvalue weighted by Crippen LogP contribution is -2.39. The van der Waals surface area contributed by atoms with Gasteiger partial charge in [-0.15, -0.1) is 0 Å². The Morgan fingerprint density at radius 3 is 3.00 bits per heavy atom. The van der Waals surface area contributed by atoms with Crippen LogP contribution in [0.3, 0.4) is 0 Å². The largest absolute Gasteiger partial charge is 0.294 e. The van der Waals surface area contributed by atoms with Crippen molar-refractivity contribution in [1.82, 2.24) is 10.3 Å². The first-order valence-corrected chi connectivity index (χ1v) is 3.94. The Bertz CT molecular complexity index is 149. The fourth-order valence-electron chi connectivity index (χ4n) is 1.42. The Morgan fingerprint density at radius 1 is 1.82 bits per heavy atom. The average Bonchev–Trinajstić information content (AvgIpc) is 2.35. The number of hydrogen-bond acceptors (Lipinski definition) is 3. The minimum atomic E-state index is -0.0981. The molecule has 0 saturated carbocycles. The van der Waals surface area contributed by atoms with Crippen molar-refractivity contribution in [3.8, 4) is 0 Å². The normalized spacial score (nSPS) is 25.5.